The molecule has 3 heterocycles. The summed E-state index contributed by atoms with van der Waals surface area (Å²) in [5.74, 6) is 1.04. The van der Waals surface area contributed by atoms with Crippen LogP contribution >= 0.6 is 0 Å². The lowest BCUT2D eigenvalue weighted by atomic mass is 10.2. The fraction of sp³-hybridized carbons (Fsp3) is 0.714. The van der Waals surface area contributed by atoms with Crippen LogP contribution in [0.4, 0.5) is 11.5 Å². The number of rotatable bonds is 5. The van der Waals surface area contributed by atoms with Gasteiger partial charge >= 0.3 is 0 Å². The molecule has 3 rings (SSSR count). The predicted octanol–water partition coefficient (Wildman–Crippen LogP) is 0.733. The first-order valence-corrected chi connectivity index (χ1v) is 7.60. The first-order chi connectivity index (χ1) is 10.3. The zero-order valence-corrected chi connectivity index (χ0v) is 12.4. The lowest BCUT2D eigenvalue weighted by molar-refractivity contribution is -0.0415. The van der Waals surface area contributed by atoms with Crippen molar-refractivity contribution in [2.45, 2.75) is 31.9 Å². The van der Waals surface area contributed by atoms with E-state index in [1.54, 1.807) is 0 Å². The van der Waals surface area contributed by atoms with Gasteiger partial charge in [-0.15, -0.1) is 0 Å². The Morgan fingerprint density at radius 2 is 2.43 bits per heavy atom. The van der Waals surface area contributed by atoms with Gasteiger partial charge < -0.3 is 20.5 Å². The lowest BCUT2D eigenvalue weighted by Gasteiger charge is -2.35. The number of ether oxygens (including phenoxy) is 2. The van der Waals surface area contributed by atoms with Gasteiger partial charge in [-0.2, -0.15) is 4.98 Å². The summed E-state index contributed by atoms with van der Waals surface area (Å²) in [6.45, 7) is 6.11. The SMILES string of the molecule is CCOc1ncnc(NCC2CN3CCCC3CO2)c1N. The van der Waals surface area contributed by atoms with E-state index in [9.17, 15) is 0 Å². The molecule has 116 valence electrons. The number of nitrogens with two attached hydrogens (primary N) is 1. The van der Waals surface area contributed by atoms with Crippen molar-refractivity contribution in [2.24, 2.45) is 0 Å². The minimum absolute atomic E-state index is 0.171. The average molecular weight is 293 g/mol. The van der Waals surface area contributed by atoms with Gasteiger partial charge in [0.05, 0.1) is 19.3 Å². The van der Waals surface area contributed by atoms with Gasteiger partial charge in [0.2, 0.25) is 5.88 Å². The summed E-state index contributed by atoms with van der Waals surface area (Å²) in [6, 6.07) is 0.620. The summed E-state index contributed by atoms with van der Waals surface area (Å²) in [6.07, 6.45) is 4.17. The number of morpholine rings is 1. The fourth-order valence-corrected chi connectivity index (χ4v) is 2.99. The number of nitrogens with one attached hydrogen (secondary N) is 1. The average Bonchev–Trinajstić information content (AvgIpc) is 2.96. The van der Waals surface area contributed by atoms with Crippen molar-refractivity contribution in [3.63, 3.8) is 0 Å². The summed E-state index contributed by atoms with van der Waals surface area (Å²) in [5.41, 5.74) is 6.46. The second-order valence-corrected chi connectivity index (χ2v) is 5.50. The largest absolute Gasteiger partial charge is 0.476 e. The van der Waals surface area contributed by atoms with Gasteiger partial charge in [-0.25, -0.2) is 4.98 Å². The Morgan fingerprint density at radius 1 is 1.52 bits per heavy atom. The third-order valence-electron chi connectivity index (χ3n) is 4.09. The highest BCUT2D eigenvalue weighted by molar-refractivity contribution is 5.66. The van der Waals surface area contributed by atoms with Crippen molar-refractivity contribution in [2.75, 3.05) is 43.9 Å². The van der Waals surface area contributed by atoms with Crippen molar-refractivity contribution < 1.29 is 9.47 Å². The summed E-state index contributed by atoms with van der Waals surface area (Å²) < 4.78 is 11.3. The molecular formula is C14H23N5O2. The molecule has 2 aliphatic rings. The van der Waals surface area contributed by atoms with E-state index in [0.29, 0.717) is 36.6 Å². The molecular weight excluding hydrogens is 270 g/mol. The first kappa shape index (κ1) is 14.3. The van der Waals surface area contributed by atoms with E-state index in [1.165, 1.54) is 25.7 Å². The van der Waals surface area contributed by atoms with Crippen LogP contribution in [0.1, 0.15) is 19.8 Å². The predicted molar refractivity (Wildman–Crippen MR) is 80.4 cm³/mol. The lowest BCUT2D eigenvalue weighted by Crippen LogP contribution is -2.48. The summed E-state index contributed by atoms with van der Waals surface area (Å²) in [5, 5.41) is 3.25. The molecule has 0 spiro atoms. The van der Waals surface area contributed by atoms with Crippen LogP contribution in [-0.4, -0.2) is 59.9 Å². The van der Waals surface area contributed by atoms with Crippen molar-refractivity contribution in [1.82, 2.24) is 14.9 Å². The van der Waals surface area contributed by atoms with Crippen LogP contribution in [0.3, 0.4) is 0 Å². The van der Waals surface area contributed by atoms with E-state index in [-0.39, 0.29) is 6.10 Å². The maximum Gasteiger partial charge on any atom is 0.242 e. The third kappa shape index (κ3) is 3.19. The molecule has 0 saturated carbocycles. The Labute approximate surface area is 124 Å². The molecule has 2 fully saturated rings. The number of hydrogen-bond donors (Lipinski definition) is 2. The Hall–Kier alpha value is -1.60. The Morgan fingerprint density at radius 3 is 3.29 bits per heavy atom. The summed E-state index contributed by atoms with van der Waals surface area (Å²) in [7, 11) is 0. The van der Waals surface area contributed by atoms with E-state index >= 15 is 0 Å². The number of nitrogen functional groups attached to an aromatic ring is 1. The molecule has 21 heavy (non-hydrogen) atoms. The highest BCUT2D eigenvalue weighted by Gasteiger charge is 2.32. The van der Waals surface area contributed by atoms with Crippen LogP contribution in [0.2, 0.25) is 0 Å². The maximum absolute atomic E-state index is 6.01. The number of nitrogens with zero attached hydrogens (tertiary/aromatic N) is 3. The molecule has 7 nitrogen and oxygen atoms in total. The first-order valence-electron chi connectivity index (χ1n) is 7.60. The second-order valence-electron chi connectivity index (χ2n) is 5.50. The molecule has 0 aliphatic carbocycles. The zero-order valence-electron chi connectivity index (χ0n) is 12.4. The number of aromatic nitrogens is 2. The van der Waals surface area contributed by atoms with Crippen molar-refractivity contribution >= 4 is 11.5 Å². The highest BCUT2D eigenvalue weighted by atomic mass is 16.5. The van der Waals surface area contributed by atoms with Crippen LogP contribution in [-0.2, 0) is 4.74 Å². The Bertz CT molecular complexity index is 484. The van der Waals surface area contributed by atoms with Crippen molar-refractivity contribution in [1.29, 1.82) is 0 Å². The van der Waals surface area contributed by atoms with Crippen molar-refractivity contribution in [3.05, 3.63) is 6.33 Å². The molecule has 7 heteroatoms. The normalized spacial score (nSPS) is 25.6. The van der Waals surface area contributed by atoms with Gasteiger partial charge in [0.25, 0.3) is 0 Å². The Kier molecular flexibility index (Phi) is 4.40. The van der Waals surface area contributed by atoms with Gasteiger partial charge in [0, 0.05) is 19.1 Å². The molecule has 0 radical (unpaired) electrons. The molecule has 2 unspecified atom stereocenters. The van der Waals surface area contributed by atoms with Gasteiger partial charge in [-0.3, -0.25) is 4.90 Å². The molecule has 2 aliphatic heterocycles. The molecule has 1 aromatic rings. The van der Waals surface area contributed by atoms with Gasteiger partial charge in [0.1, 0.15) is 12.0 Å². The highest BCUT2D eigenvalue weighted by Crippen LogP contribution is 2.26. The van der Waals surface area contributed by atoms with Crippen LogP contribution in [0.15, 0.2) is 6.33 Å². The van der Waals surface area contributed by atoms with Crippen molar-refractivity contribution in [3.8, 4) is 5.88 Å². The number of hydrogen-bond acceptors (Lipinski definition) is 7. The van der Waals surface area contributed by atoms with E-state index in [2.05, 4.69) is 20.2 Å². The number of anilines is 2. The standard InChI is InChI=1S/C14H23N5O2/c1-2-20-14-12(15)13(17-9-18-14)16-6-11-7-19-5-3-4-10(19)8-21-11/h9-11H,2-8,15H2,1H3,(H,16,17,18). The third-order valence-corrected chi connectivity index (χ3v) is 4.09. The van der Waals surface area contributed by atoms with E-state index < -0.39 is 0 Å². The monoisotopic (exact) mass is 293 g/mol. The van der Waals surface area contributed by atoms with E-state index in [1.807, 2.05) is 6.92 Å². The van der Waals surface area contributed by atoms with Crippen LogP contribution in [0.25, 0.3) is 0 Å². The van der Waals surface area contributed by atoms with Crippen LogP contribution < -0.4 is 15.8 Å². The molecule has 2 atom stereocenters. The minimum atomic E-state index is 0.171. The molecule has 1 aromatic heterocycles. The van der Waals surface area contributed by atoms with E-state index in [0.717, 1.165) is 13.2 Å². The topological polar surface area (TPSA) is 85.5 Å². The van der Waals surface area contributed by atoms with Crippen LogP contribution in [0, 0.1) is 0 Å². The zero-order chi connectivity index (χ0) is 14.7. The Balaban J connectivity index is 1.56. The van der Waals surface area contributed by atoms with Gasteiger partial charge in [-0.1, -0.05) is 0 Å². The summed E-state index contributed by atoms with van der Waals surface area (Å²) >= 11 is 0. The molecule has 0 aromatic carbocycles. The minimum Gasteiger partial charge on any atom is -0.476 e. The quantitative estimate of drug-likeness (QED) is 0.827. The summed E-state index contributed by atoms with van der Waals surface area (Å²) in [4.78, 5) is 10.7. The van der Waals surface area contributed by atoms with Crippen LogP contribution in [0.5, 0.6) is 5.88 Å². The molecule has 0 bridgehead atoms. The fourth-order valence-electron chi connectivity index (χ4n) is 2.99. The van der Waals surface area contributed by atoms with Gasteiger partial charge in [-0.05, 0) is 26.3 Å². The number of fused-ring (bicyclic) bond motifs is 1. The smallest absolute Gasteiger partial charge is 0.242 e. The second kappa shape index (κ2) is 6.44. The molecule has 2 saturated heterocycles. The molecule has 0 amide bonds. The van der Waals surface area contributed by atoms with E-state index in [4.69, 9.17) is 15.2 Å². The maximum atomic E-state index is 6.01. The molecule has 3 N–H and O–H groups in total. The van der Waals surface area contributed by atoms with Gasteiger partial charge in [0.15, 0.2) is 5.82 Å².